The van der Waals surface area contributed by atoms with Crippen molar-refractivity contribution in [2.75, 3.05) is 6.54 Å². The van der Waals surface area contributed by atoms with Crippen molar-refractivity contribution < 1.29 is 12.8 Å². The molecule has 0 aliphatic carbocycles. The molecule has 0 saturated carbocycles. The molecule has 0 amide bonds. The van der Waals surface area contributed by atoms with E-state index in [-0.39, 0.29) is 29.9 Å². The summed E-state index contributed by atoms with van der Waals surface area (Å²) in [4.78, 5) is -0.364. The molecule has 0 spiro atoms. The van der Waals surface area contributed by atoms with E-state index in [9.17, 15) is 12.8 Å². The summed E-state index contributed by atoms with van der Waals surface area (Å²) in [6, 6.07) is 3.66. The highest BCUT2D eigenvalue weighted by atomic mass is 79.9. The highest BCUT2D eigenvalue weighted by Crippen LogP contribution is 2.19. The number of benzene rings is 1. The van der Waals surface area contributed by atoms with E-state index in [0.717, 1.165) is 6.07 Å². The highest BCUT2D eigenvalue weighted by Gasteiger charge is 2.18. The van der Waals surface area contributed by atoms with Gasteiger partial charge in [0.15, 0.2) is 0 Å². The van der Waals surface area contributed by atoms with Crippen molar-refractivity contribution in [3.63, 3.8) is 0 Å². The number of nitrogens with one attached hydrogen (secondary N) is 1. The average molecular weight is 362 g/mol. The standard InChI is InChI=1S/C10H14BrFN2O2S.ClH/c1-7(13)4-5-14-17(15,16)10-6-8(11)2-3-9(10)12;/h2-3,6-7,14H,4-5,13H2,1H3;1H. The van der Waals surface area contributed by atoms with Gasteiger partial charge in [-0.1, -0.05) is 15.9 Å². The second-order valence-electron chi connectivity index (χ2n) is 3.74. The Morgan fingerprint density at radius 2 is 2.11 bits per heavy atom. The molecule has 0 saturated heterocycles. The predicted octanol–water partition coefficient (Wildman–Crippen LogP) is 2.03. The number of nitrogens with two attached hydrogens (primary N) is 1. The first-order valence-corrected chi connectivity index (χ1v) is 7.31. The number of sulfonamides is 1. The molecule has 0 aliphatic heterocycles. The third-order valence-electron chi connectivity index (χ3n) is 2.07. The van der Waals surface area contributed by atoms with Gasteiger partial charge in [-0.05, 0) is 31.5 Å². The molecule has 104 valence electrons. The zero-order valence-electron chi connectivity index (χ0n) is 9.69. The minimum atomic E-state index is -3.82. The molecule has 1 rings (SSSR count). The number of rotatable bonds is 5. The first-order chi connectivity index (χ1) is 7.83. The Hall–Kier alpha value is -0.210. The smallest absolute Gasteiger partial charge is 0.243 e. The van der Waals surface area contributed by atoms with Crippen LogP contribution < -0.4 is 10.5 Å². The SMILES string of the molecule is CC(N)CCNS(=O)(=O)c1cc(Br)ccc1F.Cl. The van der Waals surface area contributed by atoms with E-state index in [1.807, 2.05) is 0 Å². The van der Waals surface area contributed by atoms with Gasteiger partial charge < -0.3 is 5.73 Å². The Morgan fingerprint density at radius 1 is 1.50 bits per heavy atom. The number of hydrogen-bond donors (Lipinski definition) is 2. The van der Waals surface area contributed by atoms with Crippen molar-refractivity contribution in [1.82, 2.24) is 4.72 Å². The van der Waals surface area contributed by atoms with E-state index in [0.29, 0.717) is 10.9 Å². The summed E-state index contributed by atoms with van der Waals surface area (Å²) < 4.78 is 39.7. The monoisotopic (exact) mass is 360 g/mol. The van der Waals surface area contributed by atoms with Crippen LogP contribution in [0, 0.1) is 5.82 Å². The maximum absolute atomic E-state index is 13.4. The van der Waals surface area contributed by atoms with Crippen molar-refractivity contribution in [3.8, 4) is 0 Å². The van der Waals surface area contributed by atoms with Gasteiger partial charge in [-0.25, -0.2) is 17.5 Å². The molecule has 0 radical (unpaired) electrons. The van der Waals surface area contributed by atoms with Gasteiger partial charge in [-0.2, -0.15) is 0 Å². The minimum absolute atomic E-state index is 0. The Morgan fingerprint density at radius 3 is 2.67 bits per heavy atom. The fourth-order valence-electron chi connectivity index (χ4n) is 1.18. The van der Waals surface area contributed by atoms with Crippen molar-refractivity contribution in [2.45, 2.75) is 24.3 Å². The van der Waals surface area contributed by atoms with E-state index in [1.165, 1.54) is 12.1 Å². The van der Waals surface area contributed by atoms with Crippen LogP contribution in [0.2, 0.25) is 0 Å². The molecule has 0 bridgehead atoms. The summed E-state index contributed by atoms with van der Waals surface area (Å²) in [6.45, 7) is 1.96. The molecule has 0 aromatic heterocycles. The fourth-order valence-corrected chi connectivity index (χ4v) is 2.84. The van der Waals surface area contributed by atoms with Crippen LogP contribution in [0.4, 0.5) is 4.39 Å². The van der Waals surface area contributed by atoms with Crippen molar-refractivity contribution >= 4 is 38.4 Å². The molecule has 1 atom stereocenters. The van der Waals surface area contributed by atoms with Gasteiger partial charge >= 0.3 is 0 Å². The summed E-state index contributed by atoms with van der Waals surface area (Å²) >= 11 is 3.10. The normalized spacial score (nSPS) is 12.9. The molecular formula is C10H15BrClFN2O2S. The maximum atomic E-state index is 13.4. The minimum Gasteiger partial charge on any atom is -0.328 e. The second-order valence-corrected chi connectivity index (χ2v) is 6.39. The summed E-state index contributed by atoms with van der Waals surface area (Å²) in [5.41, 5.74) is 5.50. The van der Waals surface area contributed by atoms with Gasteiger partial charge in [0, 0.05) is 17.1 Å². The third kappa shape index (κ3) is 5.19. The van der Waals surface area contributed by atoms with Crippen LogP contribution >= 0.6 is 28.3 Å². The lowest BCUT2D eigenvalue weighted by Crippen LogP contribution is -2.29. The number of halogens is 3. The molecule has 4 nitrogen and oxygen atoms in total. The second kappa shape index (κ2) is 7.40. The summed E-state index contributed by atoms with van der Waals surface area (Å²) in [5.74, 6) is -0.776. The van der Waals surface area contributed by atoms with Crippen LogP contribution in [0.25, 0.3) is 0 Å². The molecule has 0 heterocycles. The quantitative estimate of drug-likeness (QED) is 0.843. The van der Waals surface area contributed by atoms with Crippen molar-refractivity contribution in [3.05, 3.63) is 28.5 Å². The molecule has 1 aromatic rings. The zero-order valence-corrected chi connectivity index (χ0v) is 12.9. The van der Waals surface area contributed by atoms with Crippen LogP contribution in [0.1, 0.15) is 13.3 Å². The Bertz CT molecular complexity index is 497. The molecule has 1 unspecified atom stereocenters. The predicted molar refractivity (Wildman–Crippen MR) is 74.8 cm³/mol. The molecule has 0 fully saturated rings. The molecular weight excluding hydrogens is 347 g/mol. The summed E-state index contributed by atoms with van der Waals surface area (Å²) in [7, 11) is -3.82. The summed E-state index contributed by atoms with van der Waals surface area (Å²) in [6.07, 6.45) is 0.495. The van der Waals surface area contributed by atoms with E-state index < -0.39 is 15.8 Å². The first kappa shape index (κ1) is 17.8. The van der Waals surface area contributed by atoms with E-state index in [1.54, 1.807) is 6.92 Å². The number of hydrogen-bond acceptors (Lipinski definition) is 3. The van der Waals surface area contributed by atoms with Crippen LogP contribution in [0.3, 0.4) is 0 Å². The van der Waals surface area contributed by atoms with Crippen LogP contribution in [-0.2, 0) is 10.0 Å². The Kier molecular flexibility index (Phi) is 7.31. The van der Waals surface area contributed by atoms with Crippen molar-refractivity contribution in [2.24, 2.45) is 5.73 Å². The third-order valence-corrected chi connectivity index (χ3v) is 4.04. The zero-order chi connectivity index (χ0) is 13.1. The molecule has 3 N–H and O–H groups in total. The topological polar surface area (TPSA) is 72.2 Å². The van der Waals surface area contributed by atoms with Gasteiger partial charge in [0.05, 0.1) is 0 Å². The highest BCUT2D eigenvalue weighted by molar-refractivity contribution is 9.10. The van der Waals surface area contributed by atoms with Gasteiger partial charge in [0.25, 0.3) is 0 Å². The molecule has 0 aliphatic rings. The van der Waals surface area contributed by atoms with Crippen LogP contribution in [0.5, 0.6) is 0 Å². The van der Waals surface area contributed by atoms with Gasteiger partial charge in [0.1, 0.15) is 10.7 Å². The van der Waals surface area contributed by atoms with Gasteiger partial charge in [-0.3, -0.25) is 0 Å². The lowest BCUT2D eigenvalue weighted by molar-refractivity contribution is 0.551. The van der Waals surface area contributed by atoms with Gasteiger partial charge in [-0.15, -0.1) is 12.4 Å². The summed E-state index contributed by atoms with van der Waals surface area (Å²) in [5, 5.41) is 0. The largest absolute Gasteiger partial charge is 0.328 e. The van der Waals surface area contributed by atoms with Gasteiger partial charge in [0.2, 0.25) is 10.0 Å². The Labute approximate surface area is 121 Å². The fraction of sp³-hybridized carbons (Fsp3) is 0.400. The van der Waals surface area contributed by atoms with E-state index >= 15 is 0 Å². The van der Waals surface area contributed by atoms with Crippen molar-refractivity contribution in [1.29, 1.82) is 0 Å². The first-order valence-electron chi connectivity index (χ1n) is 5.03. The molecule has 8 heteroatoms. The van der Waals surface area contributed by atoms with Crippen LogP contribution in [-0.4, -0.2) is 21.0 Å². The molecule has 1 aromatic carbocycles. The van der Waals surface area contributed by atoms with E-state index in [2.05, 4.69) is 20.7 Å². The average Bonchev–Trinajstić information content (AvgIpc) is 2.20. The maximum Gasteiger partial charge on any atom is 0.243 e. The Balaban J connectivity index is 0.00000289. The van der Waals surface area contributed by atoms with E-state index in [4.69, 9.17) is 5.73 Å². The molecule has 18 heavy (non-hydrogen) atoms. The lowest BCUT2D eigenvalue weighted by Gasteiger charge is -2.09. The van der Waals surface area contributed by atoms with Crippen LogP contribution in [0.15, 0.2) is 27.6 Å². The lowest BCUT2D eigenvalue weighted by atomic mass is 10.3.